The lowest BCUT2D eigenvalue weighted by atomic mass is 9.96. The fourth-order valence-electron chi connectivity index (χ4n) is 4.17. The van der Waals surface area contributed by atoms with Crippen LogP contribution in [0, 0.1) is 0 Å². The van der Waals surface area contributed by atoms with Crippen molar-refractivity contribution in [1.82, 2.24) is 15.2 Å². The first kappa shape index (κ1) is 23.2. The van der Waals surface area contributed by atoms with Crippen molar-refractivity contribution >= 4 is 23.7 Å². The highest BCUT2D eigenvalue weighted by Crippen LogP contribution is 2.29. The minimum atomic E-state index is -0.0749. The van der Waals surface area contributed by atoms with Gasteiger partial charge in [0.1, 0.15) is 0 Å². The lowest BCUT2D eigenvalue weighted by molar-refractivity contribution is -0.121. The molecule has 1 amide bonds. The van der Waals surface area contributed by atoms with E-state index in [1.807, 2.05) is 12.1 Å². The van der Waals surface area contributed by atoms with Crippen LogP contribution in [0.4, 0.5) is 0 Å². The van der Waals surface area contributed by atoms with Crippen molar-refractivity contribution in [3.63, 3.8) is 0 Å². The number of hydrogen-bond acceptors (Lipinski definition) is 4. The zero-order chi connectivity index (χ0) is 22.9. The highest BCUT2D eigenvalue weighted by Gasteiger charge is 2.26. The normalized spacial score (nSPS) is 15.2. The van der Waals surface area contributed by atoms with Crippen LogP contribution >= 0.6 is 11.6 Å². The molecule has 6 heteroatoms. The molecule has 1 aliphatic rings. The van der Waals surface area contributed by atoms with Gasteiger partial charge >= 0.3 is 0 Å². The fourth-order valence-corrected chi connectivity index (χ4v) is 4.30. The average Bonchev–Trinajstić information content (AvgIpc) is 2.86. The van der Waals surface area contributed by atoms with Gasteiger partial charge in [-0.15, -0.1) is 0 Å². The van der Waals surface area contributed by atoms with Gasteiger partial charge in [-0.05, 0) is 28.8 Å². The third-order valence-electron chi connectivity index (χ3n) is 5.93. The maximum absolute atomic E-state index is 12.2. The number of carbonyl (C=O) groups excluding carboxylic acids is 1. The van der Waals surface area contributed by atoms with E-state index in [-0.39, 0.29) is 11.9 Å². The fraction of sp³-hybridized carbons (Fsp3) is 0.259. The van der Waals surface area contributed by atoms with Crippen LogP contribution in [0.1, 0.15) is 29.2 Å². The van der Waals surface area contributed by atoms with Crippen molar-refractivity contribution in [2.75, 3.05) is 32.7 Å². The summed E-state index contributed by atoms with van der Waals surface area (Å²) < 4.78 is 0. The van der Waals surface area contributed by atoms with Crippen LogP contribution in [0.5, 0.6) is 0 Å². The second kappa shape index (κ2) is 11.8. The van der Waals surface area contributed by atoms with E-state index in [0.29, 0.717) is 11.4 Å². The zero-order valence-corrected chi connectivity index (χ0v) is 19.4. The molecule has 1 saturated heterocycles. The van der Waals surface area contributed by atoms with E-state index in [1.165, 1.54) is 11.1 Å². The summed E-state index contributed by atoms with van der Waals surface area (Å²) in [5.41, 5.74) is 6.14. The zero-order valence-electron chi connectivity index (χ0n) is 18.6. The van der Waals surface area contributed by atoms with Crippen LogP contribution in [0.25, 0.3) is 0 Å². The molecule has 5 nitrogen and oxygen atoms in total. The summed E-state index contributed by atoms with van der Waals surface area (Å²) in [5, 5.41) is 4.72. The van der Waals surface area contributed by atoms with Crippen molar-refractivity contribution in [3.05, 3.63) is 107 Å². The first-order chi connectivity index (χ1) is 16.2. The van der Waals surface area contributed by atoms with E-state index >= 15 is 0 Å². The Bertz CT molecular complexity index is 993. The highest BCUT2D eigenvalue weighted by molar-refractivity contribution is 6.30. The molecule has 0 atom stereocenters. The average molecular weight is 461 g/mol. The predicted octanol–water partition coefficient (Wildman–Crippen LogP) is 4.59. The van der Waals surface area contributed by atoms with Gasteiger partial charge in [0, 0.05) is 44.2 Å². The minimum absolute atomic E-state index is 0.0749. The van der Waals surface area contributed by atoms with Crippen LogP contribution in [0.3, 0.4) is 0 Å². The number of hydrogen-bond donors (Lipinski definition) is 1. The van der Waals surface area contributed by atoms with Crippen LogP contribution in [0.15, 0.2) is 90.0 Å². The third kappa shape index (κ3) is 6.75. The Morgan fingerprint density at radius 2 is 1.45 bits per heavy atom. The predicted molar refractivity (Wildman–Crippen MR) is 135 cm³/mol. The Hall–Kier alpha value is -2.99. The maximum atomic E-state index is 12.2. The molecule has 0 saturated carbocycles. The number of benzene rings is 3. The molecular formula is C27H29ClN4O. The second-order valence-electron chi connectivity index (χ2n) is 8.20. The standard InChI is InChI=1S/C27H29ClN4O/c28-25-13-11-22(12-14-25)21-29-30-26(33)15-16-31-17-19-32(20-18-31)27(23-7-3-1-4-8-23)24-9-5-2-6-10-24/h1-14,21,27H,15-20H2,(H,30,33)/b29-21-. The summed E-state index contributed by atoms with van der Waals surface area (Å²) in [6.07, 6.45) is 2.05. The van der Waals surface area contributed by atoms with Crippen molar-refractivity contribution in [2.45, 2.75) is 12.5 Å². The van der Waals surface area contributed by atoms with E-state index in [9.17, 15) is 4.79 Å². The van der Waals surface area contributed by atoms with Gasteiger partial charge in [0.05, 0.1) is 12.3 Å². The van der Waals surface area contributed by atoms with Gasteiger partial charge in [0.2, 0.25) is 5.91 Å². The molecule has 1 N–H and O–H groups in total. The number of hydrazone groups is 1. The molecule has 170 valence electrons. The van der Waals surface area contributed by atoms with Gasteiger partial charge < -0.3 is 4.90 Å². The molecule has 1 heterocycles. The Kier molecular flexibility index (Phi) is 8.25. The molecule has 0 aromatic heterocycles. The maximum Gasteiger partial charge on any atom is 0.241 e. The summed E-state index contributed by atoms with van der Waals surface area (Å²) in [6.45, 7) is 4.54. The second-order valence-corrected chi connectivity index (χ2v) is 8.63. The molecule has 1 aliphatic heterocycles. The first-order valence-corrected chi connectivity index (χ1v) is 11.7. The topological polar surface area (TPSA) is 47.9 Å². The number of piperazine rings is 1. The number of halogens is 1. The van der Waals surface area contributed by atoms with Crippen molar-refractivity contribution in [3.8, 4) is 0 Å². The number of rotatable bonds is 8. The quantitative estimate of drug-likeness (QED) is 0.395. The van der Waals surface area contributed by atoms with E-state index in [0.717, 1.165) is 38.3 Å². The molecule has 3 aromatic carbocycles. The van der Waals surface area contributed by atoms with Crippen LogP contribution in [-0.4, -0.2) is 54.6 Å². The van der Waals surface area contributed by atoms with Crippen molar-refractivity contribution < 1.29 is 4.79 Å². The van der Waals surface area contributed by atoms with E-state index in [2.05, 4.69) is 81.0 Å². The Morgan fingerprint density at radius 3 is 2.03 bits per heavy atom. The first-order valence-electron chi connectivity index (χ1n) is 11.3. The molecular weight excluding hydrogens is 432 g/mol. The van der Waals surface area contributed by atoms with Crippen molar-refractivity contribution in [2.24, 2.45) is 5.10 Å². The van der Waals surface area contributed by atoms with Crippen LogP contribution in [-0.2, 0) is 4.79 Å². The van der Waals surface area contributed by atoms with E-state index < -0.39 is 0 Å². The molecule has 0 radical (unpaired) electrons. The Balaban J connectivity index is 1.26. The van der Waals surface area contributed by atoms with Crippen molar-refractivity contribution in [1.29, 1.82) is 0 Å². The van der Waals surface area contributed by atoms with Gasteiger partial charge in [0.15, 0.2) is 0 Å². The summed E-state index contributed by atoms with van der Waals surface area (Å²) in [5.74, 6) is -0.0749. The van der Waals surface area contributed by atoms with Gasteiger partial charge in [-0.1, -0.05) is 84.4 Å². The minimum Gasteiger partial charge on any atom is -0.300 e. The SMILES string of the molecule is O=C(CCN1CCN(C(c2ccccc2)c2ccccc2)CC1)N/N=C\c1ccc(Cl)cc1. The summed E-state index contributed by atoms with van der Waals surface area (Å²) in [7, 11) is 0. The lowest BCUT2D eigenvalue weighted by Gasteiger charge is -2.39. The Labute approximate surface area is 200 Å². The molecule has 1 fully saturated rings. The largest absolute Gasteiger partial charge is 0.300 e. The van der Waals surface area contributed by atoms with E-state index in [1.54, 1.807) is 18.3 Å². The third-order valence-corrected chi connectivity index (χ3v) is 6.18. The number of carbonyl (C=O) groups is 1. The molecule has 3 aromatic rings. The Morgan fingerprint density at radius 1 is 0.879 bits per heavy atom. The summed E-state index contributed by atoms with van der Waals surface area (Å²) >= 11 is 5.88. The number of amides is 1. The monoisotopic (exact) mass is 460 g/mol. The summed E-state index contributed by atoms with van der Waals surface area (Å²) in [6, 6.07) is 28.9. The molecule has 33 heavy (non-hydrogen) atoms. The van der Waals surface area contributed by atoms with Gasteiger partial charge in [0.25, 0.3) is 0 Å². The molecule has 0 bridgehead atoms. The van der Waals surface area contributed by atoms with E-state index in [4.69, 9.17) is 11.6 Å². The van der Waals surface area contributed by atoms with Gasteiger partial charge in [-0.2, -0.15) is 5.10 Å². The highest BCUT2D eigenvalue weighted by atomic mass is 35.5. The number of nitrogens with one attached hydrogen (secondary N) is 1. The molecule has 0 spiro atoms. The van der Waals surface area contributed by atoms with Gasteiger partial charge in [-0.3, -0.25) is 9.69 Å². The lowest BCUT2D eigenvalue weighted by Crippen LogP contribution is -2.48. The smallest absolute Gasteiger partial charge is 0.241 e. The molecule has 0 aliphatic carbocycles. The van der Waals surface area contributed by atoms with Crippen LogP contribution in [0.2, 0.25) is 5.02 Å². The summed E-state index contributed by atoms with van der Waals surface area (Å²) in [4.78, 5) is 17.1. The molecule has 4 rings (SSSR count). The number of nitrogens with zero attached hydrogens (tertiary/aromatic N) is 3. The van der Waals surface area contributed by atoms with Gasteiger partial charge in [-0.25, -0.2) is 5.43 Å². The van der Waals surface area contributed by atoms with Crippen LogP contribution < -0.4 is 5.43 Å². The molecule has 0 unspecified atom stereocenters.